The topological polar surface area (TPSA) is 83.1 Å². The second-order valence-electron chi connectivity index (χ2n) is 7.70. The highest BCUT2D eigenvalue weighted by Gasteiger charge is 2.44. The summed E-state index contributed by atoms with van der Waals surface area (Å²) >= 11 is 0. The molecule has 7 nitrogen and oxygen atoms in total. The molecule has 0 saturated heterocycles. The highest BCUT2D eigenvalue weighted by Crippen LogP contribution is 2.47. The molecule has 2 aliphatic rings. The van der Waals surface area contributed by atoms with Crippen LogP contribution in [0, 0.1) is 13.8 Å². The maximum absolute atomic E-state index is 12.1. The molecule has 2 aromatic carbocycles. The lowest BCUT2D eigenvalue weighted by atomic mass is 10.1. The van der Waals surface area contributed by atoms with E-state index in [1.807, 2.05) is 32.0 Å². The molecule has 1 aliphatic heterocycles. The average Bonchev–Trinajstić information content (AvgIpc) is 3.31. The van der Waals surface area contributed by atoms with Crippen LogP contribution in [0.5, 0.6) is 17.2 Å². The number of carbonyl (C=O) groups excluding carboxylic acids is 2. The first-order valence-corrected chi connectivity index (χ1v) is 10.1. The van der Waals surface area contributed by atoms with Gasteiger partial charge in [-0.25, -0.2) is 4.79 Å². The van der Waals surface area contributed by atoms with Gasteiger partial charge in [0.1, 0.15) is 5.75 Å². The van der Waals surface area contributed by atoms with Crippen LogP contribution in [0.3, 0.4) is 0 Å². The molecule has 0 aromatic heterocycles. The Morgan fingerprint density at radius 3 is 2.43 bits per heavy atom. The summed E-state index contributed by atoms with van der Waals surface area (Å²) in [6, 6.07) is 11.0. The zero-order chi connectivity index (χ0) is 21.1. The van der Waals surface area contributed by atoms with Crippen LogP contribution in [0.25, 0.3) is 0 Å². The van der Waals surface area contributed by atoms with Crippen molar-refractivity contribution in [2.24, 2.45) is 0 Å². The number of para-hydroxylation sites is 1. The van der Waals surface area contributed by atoms with Gasteiger partial charge in [-0.05, 0) is 49.9 Å². The van der Waals surface area contributed by atoms with Gasteiger partial charge in [0.25, 0.3) is 11.7 Å². The molecule has 4 rings (SSSR count). The molecule has 30 heavy (non-hydrogen) atoms. The molecule has 1 saturated carbocycles. The third-order valence-corrected chi connectivity index (χ3v) is 5.29. The summed E-state index contributed by atoms with van der Waals surface area (Å²) in [5, 5.41) is 2.71. The Labute approximate surface area is 175 Å². The largest absolute Gasteiger partial charge is 0.481 e. The Morgan fingerprint density at radius 1 is 1.00 bits per heavy atom. The zero-order valence-corrected chi connectivity index (χ0v) is 17.2. The number of ether oxygens (including phenoxy) is 4. The third kappa shape index (κ3) is 4.35. The molecule has 2 aromatic rings. The lowest BCUT2D eigenvalue weighted by Crippen LogP contribution is -2.34. The lowest BCUT2D eigenvalue weighted by Gasteiger charge is -2.21. The van der Waals surface area contributed by atoms with Crippen molar-refractivity contribution in [1.82, 2.24) is 0 Å². The van der Waals surface area contributed by atoms with Gasteiger partial charge in [-0.15, -0.1) is 0 Å². The van der Waals surface area contributed by atoms with E-state index < -0.39 is 24.3 Å². The smallest absolute Gasteiger partial charge is 0.344 e. The Kier molecular flexibility index (Phi) is 5.53. The zero-order valence-electron chi connectivity index (χ0n) is 17.2. The Bertz CT molecular complexity index is 944. The number of hydrogen-bond donors (Lipinski definition) is 1. The molecule has 158 valence electrons. The lowest BCUT2D eigenvalue weighted by molar-refractivity contribution is -0.149. The summed E-state index contributed by atoms with van der Waals surface area (Å²) in [5.41, 5.74) is 2.42. The fourth-order valence-electron chi connectivity index (χ4n) is 3.83. The van der Waals surface area contributed by atoms with E-state index in [1.54, 1.807) is 18.2 Å². The molecule has 1 amide bonds. The van der Waals surface area contributed by atoms with E-state index in [1.165, 1.54) is 0 Å². The molecule has 1 heterocycles. The third-order valence-electron chi connectivity index (χ3n) is 5.29. The van der Waals surface area contributed by atoms with Crippen LogP contribution in [0.1, 0.15) is 36.8 Å². The predicted octanol–water partition coefficient (Wildman–Crippen LogP) is 3.91. The summed E-state index contributed by atoms with van der Waals surface area (Å²) in [6.45, 7) is 3.15. The highest BCUT2D eigenvalue weighted by atomic mass is 16.7. The molecular weight excluding hydrogens is 386 g/mol. The molecule has 0 atom stereocenters. The maximum atomic E-state index is 12.1. The standard InChI is InChI=1S/C23H25NO6/c1-15-6-5-7-16(2)22(15)28-14-21(26)27-13-20(25)24-17-8-9-18-19(12-17)30-23(29-18)10-3-4-11-23/h5-9,12H,3-4,10-11,13-14H2,1-2H3,(H,24,25). The second kappa shape index (κ2) is 8.26. The number of hydrogen-bond acceptors (Lipinski definition) is 6. The number of aryl methyl sites for hydroxylation is 2. The van der Waals surface area contributed by atoms with Crippen molar-refractivity contribution in [2.45, 2.75) is 45.3 Å². The van der Waals surface area contributed by atoms with E-state index in [9.17, 15) is 9.59 Å². The summed E-state index contributed by atoms with van der Waals surface area (Å²) < 4.78 is 22.5. The van der Waals surface area contributed by atoms with E-state index in [0.717, 1.165) is 36.8 Å². The number of carbonyl (C=O) groups is 2. The van der Waals surface area contributed by atoms with Crippen LogP contribution < -0.4 is 19.5 Å². The van der Waals surface area contributed by atoms with E-state index in [0.29, 0.717) is 22.9 Å². The van der Waals surface area contributed by atoms with Crippen molar-refractivity contribution < 1.29 is 28.5 Å². The molecule has 7 heteroatoms. The van der Waals surface area contributed by atoms with Crippen LogP contribution in [0.15, 0.2) is 36.4 Å². The van der Waals surface area contributed by atoms with Gasteiger partial charge in [-0.3, -0.25) is 4.79 Å². The first-order valence-electron chi connectivity index (χ1n) is 10.1. The summed E-state index contributed by atoms with van der Waals surface area (Å²) in [4.78, 5) is 24.1. The number of esters is 1. The van der Waals surface area contributed by atoms with Crippen LogP contribution in [-0.4, -0.2) is 30.9 Å². The van der Waals surface area contributed by atoms with Crippen LogP contribution in [0.4, 0.5) is 5.69 Å². The summed E-state index contributed by atoms with van der Waals surface area (Å²) in [7, 11) is 0. The minimum atomic E-state index is -0.610. The first kappa shape index (κ1) is 20.1. The normalized spacial score (nSPS) is 15.8. The van der Waals surface area contributed by atoms with Gasteiger partial charge in [-0.1, -0.05) is 18.2 Å². The molecule has 1 aliphatic carbocycles. The fourth-order valence-corrected chi connectivity index (χ4v) is 3.83. The van der Waals surface area contributed by atoms with Crippen molar-refractivity contribution in [3.05, 3.63) is 47.5 Å². The van der Waals surface area contributed by atoms with Crippen molar-refractivity contribution in [2.75, 3.05) is 18.5 Å². The molecule has 0 bridgehead atoms. The van der Waals surface area contributed by atoms with Gasteiger partial charge < -0.3 is 24.3 Å². The molecular formula is C23H25NO6. The average molecular weight is 411 g/mol. The molecule has 0 unspecified atom stereocenters. The number of benzene rings is 2. The first-order chi connectivity index (χ1) is 14.4. The van der Waals surface area contributed by atoms with Crippen LogP contribution >= 0.6 is 0 Å². The second-order valence-corrected chi connectivity index (χ2v) is 7.70. The number of amides is 1. The Balaban J connectivity index is 1.25. The van der Waals surface area contributed by atoms with Crippen LogP contribution in [0.2, 0.25) is 0 Å². The minimum absolute atomic E-state index is 0.259. The van der Waals surface area contributed by atoms with Crippen LogP contribution in [-0.2, 0) is 14.3 Å². The number of nitrogens with one attached hydrogen (secondary N) is 1. The van der Waals surface area contributed by atoms with E-state index >= 15 is 0 Å². The Hall–Kier alpha value is -3.22. The monoisotopic (exact) mass is 411 g/mol. The van der Waals surface area contributed by atoms with Gasteiger partial charge in [0, 0.05) is 24.6 Å². The number of anilines is 1. The van der Waals surface area contributed by atoms with Gasteiger partial charge in [0.15, 0.2) is 24.7 Å². The summed E-state index contributed by atoms with van der Waals surface area (Å²) in [5.74, 6) is 0.361. The van der Waals surface area contributed by atoms with Gasteiger partial charge in [0.2, 0.25) is 0 Å². The van der Waals surface area contributed by atoms with Gasteiger partial charge in [-0.2, -0.15) is 0 Å². The minimum Gasteiger partial charge on any atom is -0.481 e. The highest BCUT2D eigenvalue weighted by molar-refractivity contribution is 5.93. The van der Waals surface area contributed by atoms with Gasteiger partial charge in [0.05, 0.1) is 0 Å². The molecule has 1 spiro atoms. The quantitative estimate of drug-likeness (QED) is 0.726. The number of fused-ring (bicyclic) bond motifs is 1. The van der Waals surface area contributed by atoms with E-state index in [2.05, 4.69) is 5.32 Å². The van der Waals surface area contributed by atoms with Gasteiger partial charge >= 0.3 is 5.97 Å². The van der Waals surface area contributed by atoms with E-state index in [-0.39, 0.29) is 6.61 Å². The fraction of sp³-hybridized carbons (Fsp3) is 0.391. The molecule has 1 fully saturated rings. The number of rotatable bonds is 6. The van der Waals surface area contributed by atoms with E-state index in [4.69, 9.17) is 18.9 Å². The maximum Gasteiger partial charge on any atom is 0.344 e. The molecule has 1 N–H and O–H groups in total. The van der Waals surface area contributed by atoms with Crippen molar-refractivity contribution in [3.8, 4) is 17.2 Å². The summed E-state index contributed by atoms with van der Waals surface area (Å²) in [6.07, 6.45) is 3.89. The van der Waals surface area contributed by atoms with Crippen molar-refractivity contribution in [3.63, 3.8) is 0 Å². The SMILES string of the molecule is Cc1cccc(C)c1OCC(=O)OCC(=O)Nc1ccc2c(c1)OC1(CCCC1)O2. The molecule has 0 radical (unpaired) electrons. The van der Waals surface area contributed by atoms with Crippen molar-refractivity contribution in [1.29, 1.82) is 0 Å². The predicted molar refractivity (Wildman–Crippen MR) is 110 cm³/mol. The Morgan fingerprint density at radius 2 is 1.70 bits per heavy atom. The van der Waals surface area contributed by atoms with Crippen molar-refractivity contribution >= 4 is 17.6 Å².